The predicted octanol–water partition coefficient (Wildman–Crippen LogP) is 1.95. The number of furan rings is 1. The van der Waals surface area contributed by atoms with Crippen LogP contribution in [0.5, 0.6) is 0 Å². The van der Waals surface area contributed by atoms with E-state index in [4.69, 9.17) is 10.2 Å². The molecule has 1 amide bonds. The highest BCUT2D eigenvalue weighted by Crippen LogP contribution is 2.22. The van der Waals surface area contributed by atoms with Crippen LogP contribution in [0.4, 0.5) is 0 Å². The van der Waals surface area contributed by atoms with E-state index in [0.29, 0.717) is 17.5 Å². The molecule has 5 heteroatoms. The maximum absolute atomic E-state index is 11.6. The van der Waals surface area contributed by atoms with Crippen LogP contribution in [0.1, 0.15) is 36.0 Å². The van der Waals surface area contributed by atoms with Crippen LogP contribution in [-0.4, -0.2) is 18.5 Å². The van der Waals surface area contributed by atoms with Crippen molar-refractivity contribution in [3.63, 3.8) is 0 Å². The summed E-state index contributed by atoms with van der Waals surface area (Å²) in [5.41, 5.74) is 6.48. The van der Waals surface area contributed by atoms with Crippen LogP contribution in [-0.2, 0) is 0 Å². The lowest BCUT2D eigenvalue weighted by atomic mass is 9.86. The van der Waals surface area contributed by atoms with Gasteiger partial charge in [-0.15, -0.1) is 12.4 Å². The Bertz CT molecular complexity index is 340. The third kappa shape index (κ3) is 4.06. The van der Waals surface area contributed by atoms with Crippen molar-refractivity contribution in [3.8, 4) is 0 Å². The highest BCUT2D eigenvalue weighted by atomic mass is 35.5. The monoisotopic (exact) mass is 258 g/mol. The van der Waals surface area contributed by atoms with Crippen molar-refractivity contribution in [2.45, 2.75) is 31.7 Å². The molecule has 1 aliphatic rings. The lowest BCUT2D eigenvalue weighted by molar-refractivity contribution is 0.0942. The van der Waals surface area contributed by atoms with Crippen molar-refractivity contribution in [3.05, 3.63) is 24.2 Å². The predicted molar refractivity (Wildman–Crippen MR) is 68.2 cm³/mol. The quantitative estimate of drug-likeness (QED) is 0.871. The van der Waals surface area contributed by atoms with Crippen molar-refractivity contribution in [1.29, 1.82) is 0 Å². The van der Waals surface area contributed by atoms with E-state index in [1.807, 2.05) is 0 Å². The van der Waals surface area contributed by atoms with Gasteiger partial charge in [-0.05, 0) is 31.2 Å². The number of hydrogen-bond donors (Lipinski definition) is 2. The van der Waals surface area contributed by atoms with Crippen LogP contribution in [0.2, 0.25) is 0 Å². The molecule has 0 radical (unpaired) electrons. The van der Waals surface area contributed by atoms with Crippen molar-refractivity contribution in [2.24, 2.45) is 11.7 Å². The normalized spacial score (nSPS) is 23.8. The molecule has 1 saturated carbocycles. The summed E-state index contributed by atoms with van der Waals surface area (Å²) >= 11 is 0. The Hall–Kier alpha value is -1.00. The average Bonchev–Trinajstić information content (AvgIpc) is 2.79. The average molecular weight is 259 g/mol. The Morgan fingerprint density at radius 1 is 1.53 bits per heavy atom. The number of rotatable bonds is 3. The first-order valence-corrected chi connectivity index (χ1v) is 5.81. The molecule has 1 aromatic rings. The van der Waals surface area contributed by atoms with Gasteiger partial charge in [0.15, 0.2) is 0 Å². The first kappa shape index (κ1) is 14.1. The fraction of sp³-hybridized carbons (Fsp3) is 0.583. The second kappa shape index (κ2) is 6.67. The molecule has 0 bridgehead atoms. The second-order valence-electron chi connectivity index (χ2n) is 4.51. The van der Waals surface area contributed by atoms with Crippen molar-refractivity contribution >= 4 is 18.3 Å². The van der Waals surface area contributed by atoms with E-state index in [-0.39, 0.29) is 18.3 Å². The summed E-state index contributed by atoms with van der Waals surface area (Å²) in [5, 5.41) is 2.92. The van der Waals surface area contributed by atoms with E-state index in [1.165, 1.54) is 25.4 Å². The summed E-state index contributed by atoms with van der Waals surface area (Å²) in [6.07, 6.45) is 7.44. The van der Waals surface area contributed by atoms with E-state index in [2.05, 4.69) is 5.32 Å². The molecule has 0 aromatic carbocycles. The molecule has 17 heavy (non-hydrogen) atoms. The lowest BCUT2D eigenvalue weighted by Crippen LogP contribution is -2.35. The number of hydrogen-bond acceptors (Lipinski definition) is 3. The summed E-state index contributed by atoms with van der Waals surface area (Å²) in [4.78, 5) is 11.6. The van der Waals surface area contributed by atoms with E-state index < -0.39 is 0 Å². The third-order valence-electron chi connectivity index (χ3n) is 3.16. The fourth-order valence-electron chi connectivity index (χ4n) is 2.25. The summed E-state index contributed by atoms with van der Waals surface area (Å²) in [6, 6.07) is 1.98. The molecule has 2 unspecified atom stereocenters. The number of nitrogens with one attached hydrogen (secondary N) is 1. The van der Waals surface area contributed by atoms with Gasteiger partial charge in [0, 0.05) is 12.6 Å². The van der Waals surface area contributed by atoms with Crippen molar-refractivity contribution in [2.75, 3.05) is 6.54 Å². The van der Waals surface area contributed by atoms with E-state index >= 15 is 0 Å². The fourth-order valence-corrected chi connectivity index (χ4v) is 2.25. The van der Waals surface area contributed by atoms with Gasteiger partial charge in [-0.2, -0.15) is 0 Å². The van der Waals surface area contributed by atoms with E-state index in [0.717, 1.165) is 19.4 Å². The maximum atomic E-state index is 11.6. The van der Waals surface area contributed by atoms with Crippen LogP contribution < -0.4 is 11.1 Å². The van der Waals surface area contributed by atoms with Gasteiger partial charge in [-0.25, -0.2) is 0 Å². The van der Waals surface area contributed by atoms with Crippen LogP contribution >= 0.6 is 12.4 Å². The van der Waals surface area contributed by atoms with Gasteiger partial charge in [0.05, 0.1) is 11.8 Å². The summed E-state index contributed by atoms with van der Waals surface area (Å²) in [6.45, 7) is 0.720. The highest BCUT2D eigenvalue weighted by molar-refractivity contribution is 5.93. The number of halogens is 1. The van der Waals surface area contributed by atoms with Gasteiger partial charge >= 0.3 is 0 Å². The third-order valence-corrected chi connectivity index (χ3v) is 3.16. The lowest BCUT2D eigenvalue weighted by Gasteiger charge is -2.26. The molecule has 1 fully saturated rings. The Morgan fingerprint density at radius 2 is 2.35 bits per heavy atom. The number of carbonyl (C=O) groups is 1. The van der Waals surface area contributed by atoms with Gasteiger partial charge in [0.1, 0.15) is 6.26 Å². The number of nitrogens with two attached hydrogens (primary N) is 1. The van der Waals surface area contributed by atoms with E-state index in [9.17, 15) is 4.79 Å². The molecule has 0 spiro atoms. The van der Waals surface area contributed by atoms with Crippen LogP contribution in [0.25, 0.3) is 0 Å². The maximum Gasteiger partial charge on any atom is 0.254 e. The van der Waals surface area contributed by atoms with Crippen LogP contribution in [0.15, 0.2) is 23.0 Å². The molecule has 3 N–H and O–H groups in total. The zero-order valence-electron chi connectivity index (χ0n) is 9.72. The molecule has 2 atom stereocenters. The Balaban J connectivity index is 0.00000144. The molecule has 1 aliphatic carbocycles. The number of carbonyl (C=O) groups excluding carboxylic acids is 1. The van der Waals surface area contributed by atoms with Crippen LogP contribution in [0.3, 0.4) is 0 Å². The standard InChI is InChI=1S/C12H18N2O2.ClH/c13-11-3-1-2-9(6-11)7-14-12(15)10-4-5-16-8-10;/h4-5,8-9,11H,1-3,6-7,13H2,(H,14,15);1H. The summed E-state index contributed by atoms with van der Waals surface area (Å²) in [7, 11) is 0. The molecule has 4 nitrogen and oxygen atoms in total. The van der Waals surface area contributed by atoms with Crippen molar-refractivity contribution < 1.29 is 9.21 Å². The minimum Gasteiger partial charge on any atom is -0.472 e. The van der Waals surface area contributed by atoms with Gasteiger partial charge in [0.2, 0.25) is 0 Å². The Labute approximate surface area is 107 Å². The second-order valence-corrected chi connectivity index (χ2v) is 4.51. The van der Waals surface area contributed by atoms with E-state index in [1.54, 1.807) is 6.07 Å². The zero-order chi connectivity index (χ0) is 11.4. The zero-order valence-corrected chi connectivity index (χ0v) is 10.5. The molecule has 0 aliphatic heterocycles. The number of amides is 1. The molecule has 0 saturated heterocycles. The first-order valence-electron chi connectivity index (χ1n) is 5.81. The Morgan fingerprint density at radius 3 is 3.00 bits per heavy atom. The molecule has 2 rings (SSSR count). The molecule has 1 heterocycles. The van der Waals surface area contributed by atoms with Crippen molar-refractivity contribution in [1.82, 2.24) is 5.32 Å². The van der Waals surface area contributed by atoms with Gasteiger partial charge in [-0.3, -0.25) is 4.79 Å². The molecule has 96 valence electrons. The SMILES string of the molecule is Cl.NC1CCCC(CNC(=O)c2ccoc2)C1. The topological polar surface area (TPSA) is 68.3 Å². The summed E-state index contributed by atoms with van der Waals surface area (Å²) in [5.74, 6) is 0.465. The molecular weight excluding hydrogens is 240 g/mol. The molecular formula is C12H19ClN2O2. The summed E-state index contributed by atoms with van der Waals surface area (Å²) < 4.78 is 4.86. The smallest absolute Gasteiger partial charge is 0.254 e. The minimum atomic E-state index is -0.0621. The van der Waals surface area contributed by atoms with Gasteiger partial charge in [0.25, 0.3) is 5.91 Å². The first-order chi connectivity index (χ1) is 7.75. The highest BCUT2D eigenvalue weighted by Gasteiger charge is 2.19. The van der Waals surface area contributed by atoms with Gasteiger partial charge in [-0.1, -0.05) is 6.42 Å². The largest absolute Gasteiger partial charge is 0.472 e. The minimum absolute atomic E-state index is 0. The van der Waals surface area contributed by atoms with Crippen LogP contribution in [0, 0.1) is 5.92 Å². The Kier molecular flexibility index (Phi) is 5.51. The molecule has 1 aromatic heterocycles. The van der Waals surface area contributed by atoms with Gasteiger partial charge < -0.3 is 15.5 Å².